The number of nitrogens with zero attached hydrogens (tertiary/aromatic N) is 1. The lowest BCUT2D eigenvalue weighted by Crippen LogP contribution is -2.53. The van der Waals surface area contributed by atoms with Crippen molar-refractivity contribution >= 4 is 5.91 Å². The number of alkyl halides is 3. The monoisotopic (exact) mass is 196 g/mol. The Hall–Kier alpha value is -0.780. The number of likely N-dealkylation sites (tertiary alicyclic amines) is 1. The molecule has 76 valence electrons. The van der Waals surface area contributed by atoms with Gasteiger partial charge in [-0.15, -0.1) is 0 Å². The van der Waals surface area contributed by atoms with Gasteiger partial charge in [0.1, 0.15) is 6.42 Å². The van der Waals surface area contributed by atoms with Crippen LogP contribution in [0.1, 0.15) is 6.42 Å². The molecular weight excluding hydrogens is 185 g/mol. The van der Waals surface area contributed by atoms with Crippen LogP contribution in [-0.2, 0) is 4.79 Å². The molecule has 0 spiro atoms. The van der Waals surface area contributed by atoms with E-state index < -0.39 is 18.5 Å². The Morgan fingerprint density at radius 1 is 1.46 bits per heavy atom. The summed E-state index contributed by atoms with van der Waals surface area (Å²) in [6, 6.07) is 0. The fraction of sp³-hybridized carbons (Fsp3) is 0.857. The van der Waals surface area contributed by atoms with Gasteiger partial charge in [-0.2, -0.15) is 13.2 Å². The normalized spacial score (nSPS) is 18.6. The second-order valence-electron chi connectivity index (χ2n) is 3.19. The maximum atomic E-state index is 11.7. The van der Waals surface area contributed by atoms with Gasteiger partial charge in [0, 0.05) is 19.0 Å². The fourth-order valence-electron chi connectivity index (χ4n) is 1.21. The largest absolute Gasteiger partial charge is 0.397 e. The van der Waals surface area contributed by atoms with Crippen LogP contribution in [0, 0.1) is 5.92 Å². The zero-order valence-electron chi connectivity index (χ0n) is 6.97. The van der Waals surface area contributed by atoms with Crippen LogP contribution in [0.25, 0.3) is 0 Å². The summed E-state index contributed by atoms with van der Waals surface area (Å²) < 4.78 is 35.2. The van der Waals surface area contributed by atoms with Gasteiger partial charge in [-0.3, -0.25) is 4.79 Å². The Bertz CT molecular complexity index is 198. The SMILES string of the molecule is NCC1CN(C(=O)CC(F)(F)F)C1. The summed E-state index contributed by atoms with van der Waals surface area (Å²) in [5.74, 6) is -0.672. The van der Waals surface area contributed by atoms with E-state index in [1.807, 2.05) is 0 Å². The molecule has 1 aliphatic rings. The maximum absolute atomic E-state index is 11.7. The molecule has 3 nitrogen and oxygen atoms in total. The first-order chi connectivity index (χ1) is 5.92. The Balaban J connectivity index is 2.27. The van der Waals surface area contributed by atoms with Crippen molar-refractivity contribution in [1.82, 2.24) is 4.90 Å². The summed E-state index contributed by atoms with van der Waals surface area (Å²) >= 11 is 0. The first-order valence-electron chi connectivity index (χ1n) is 3.97. The number of hydrogen-bond donors (Lipinski definition) is 1. The Labute approximate surface area is 73.7 Å². The number of nitrogens with two attached hydrogens (primary N) is 1. The van der Waals surface area contributed by atoms with Crippen molar-refractivity contribution in [3.63, 3.8) is 0 Å². The quantitative estimate of drug-likeness (QED) is 0.693. The molecule has 0 unspecified atom stereocenters. The minimum Gasteiger partial charge on any atom is -0.342 e. The molecule has 2 N–H and O–H groups in total. The van der Waals surface area contributed by atoms with Gasteiger partial charge in [-0.1, -0.05) is 0 Å². The van der Waals surface area contributed by atoms with Gasteiger partial charge in [-0.05, 0) is 6.54 Å². The van der Waals surface area contributed by atoms with Crippen molar-refractivity contribution < 1.29 is 18.0 Å². The second kappa shape index (κ2) is 3.53. The Morgan fingerprint density at radius 2 is 2.00 bits per heavy atom. The minimum atomic E-state index is -4.40. The van der Waals surface area contributed by atoms with Crippen LogP contribution in [0.2, 0.25) is 0 Å². The molecule has 1 aliphatic heterocycles. The molecule has 13 heavy (non-hydrogen) atoms. The van der Waals surface area contributed by atoms with E-state index in [1.54, 1.807) is 0 Å². The van der Waals surface area contributed by atoms with Gasteiger partial charge in [-0.25, -0.2) is 0 Å². The average Bonchev–Trinajstić information content (AvgIpc) is 1.79. The van der Waals surface area contributed by atoms with Crippen molar-refractivity contribution in [3.05, 3.63) is 0 Å². The van der Waals surface area contributed by atoms with E-state index in [2.05, 4.69) is 0 Å². The van der Waals surface area contributed by atoms with Crippen molar-refractivity contribution in [2.45, 2.75) is 12.6 Å². The number of halogens is 3. The van der Waals surface area contributed by atoms with Crippen molar-refractivity contribution in [3.8, 4) is 0 Å². The zero-order chi connectivity index (χ0) is 10.1. The first kappa shape index (κ1) is 10.3. The highest BCUT2D eigenvalue weighted by Crippen LogP contribution is 2.23. The van der Waals surface area contributed by atoms with E-state index in [9.17, 15) is 18.0 Å². The highest BCUT2D eigenvalue weighted by Gasteiger charge is 2.37. The smallest absolute Gasteiger partial charge is 0.342 e. The van der Waals surface area contributed by atoms with Gasteiger partial charge in [0.05, 0.1) is 0 Å². The summed E-state index contributed by atoms with van der Waals surface area (Å²) in [6.07, 6.45) is -5.75. The molecule has 0 aliphatic carbocycles. The third-order valence-electron chi connectivity index (χ3n) is 1.99. The number of rotatable bonds is 2. The standard InChI is InChI=1S/C7H11F3N2O/c8-7(9,10)1-6(13)12-3-5(2-11)4-12/h5H,1-4,11H2. The molecular formula is C7H11F3N2O. The van der Waals surface area contributed by atoms with Gasteiger partial charge in [0.2, 0.25) is 5.91 Å². The van der Waals surface area contributed by atoms with E-state index in [0.29, 0.717) is 19.6 Å². The highest BCUT2D eigenvalue weighted by atomic mass is 19.4. The lowest BCUT2D eigenvalue weighted by atomic mass is 10.0. The lowest BCUT2D eigenvalue weighted by molar-refractivity contribution is -0.165. The van der Waals surface area contributed by atoms with E-state index >= 15 is 0 Å². The van der Waals surface area contributed by atoms with E-state index in [0.717, 1.165) is 0 Å². The summed E-state index contributed by atoms with van der Waals surface area (Å²) in [5.41, 5.74) is 5.26. The molecule has 0 radical (unpaired) electrons. The first-order valence-corrected chi connectivity index (χ1v) is 3.97. The van der Waals surface area contributed by atoms with E-state index in [4.69, 9.17) is 5.73 Å². The van der Waals surface area contributed by atoms with Crippen molar-refractivity contribution in [1.29, 1.82) is 0 Å². The third kappa shape index (κ3) is 2.87. The zero-order valence-corrected chi connectivity index (χ0v) is 6.97. The maximum Gasteiger partial charge on any atom is 0.397 e. The fourth-order valence-corrected chi connectivity index (χ4v) is 1.21. The summed E-state index contributed by atoms with van der Waals surface area (Å²) in [6.45, 7) is 1.16. The molecule has 1 fully saturated rings. The van der Waals surface area contributed by atoms with Gasteiger partial charge in [0.25, 0.3) is 0 Å². The van der Waals surface area contributed by atoms with E-state index in [-0.39, 0.29) is 5.92 Å². The van der Waals surface area contributed by atoms with Crippen LogP contribution >= 0.6 is 0 Å². The molecule has 1 rings (SSSR count). The molecule has 1 amide bonds. The molecule has 0 saturated carbocycles. The summed E-state index contributed by atoms with van der Waals surface area (Å²) in [4.78, 5) is 12.1. The molecule has 0 aromatic heterocycles. The van der Waals surface area contributed by atoms with Gasteiger partial charge < -0.3 is 10.6 Å². The second-order valence-corrected chi connectivity index (χ2v) is 3.19. The summed E-state index contributed by atoms with van der Waals surface area (Å²) in [5, 5.41) is 0. The predicted molar refractivity (Wildman–Crippen MR) is 39.8 cm³/mol. The molecule has 6 heteroatoms. The number of carbonyl (C=O) groups excluding carboxylic acids is 1. The molecule has 0 bridgehead atoms. The molecule has 1 saturated heterocycles. The third-order valence-corrected chi connectivity index (χ3v) is 1.99. The van der Waals surface area contributed by atoms with Gasteiger partial charge in [0.15, 0.2) is 0 Å². The van der Waals surface area contributed by atoms with Crippen LogP contribution in [0.3, 0.4) is 0 Å². The van der Waals surface area contributed by atoms with Crippen LogP contribution in [0.4, 0.5) is 13.2 Å². The number of carbonyl (C=O) groups is 1. The van der Waals surface area contributed by atoms with Crippen LogP contribution in [0.15, 0.2) is 0 Å². The van der Waals surface area contributed by atoms with Crippen LogP contribution in [0.5, 0.6) is 0 Å². The van der Waals surface area contributed by atoms with Crippen LogP contribution in [-0.4, -0.2) is 36.6 Å². The van der Waals surface area contributed by atoms with Crippen molar-refractivity contribution in [2.24, 2.45) is 11.7 Å². The van der Waals surface area contributed by atoms with E-state index in [1.165, 1.54) is 4.90 Å². The molecule has 0 aromatic rings. The number of amides is 1. The Morgan fingerprint density at radius 3 is 2.38 bits per heavy atom. The van der Waals surface area contributed by atoms with Crippen molar-refractivity contribution in [2.75, 3.05) is 19.6 Å². The molecule has 0 atom stereocenters. The predicted octanol–water partition coefficient (Wildman–Crippen LogP) is 0.356. The summed E-state index contributed by atoms with van der Waals surface area (Å²) in [7, 11) is 0. The van der Waals surface area contributed by atoms with Gasteiger partial charge >= 0.3 is 6.18 Å². The topological polar surface area (TPSA) is 46.3 Å². The minimum absolute atomic E-state index is 0.178. The molecule has 0 aromatic carbocycles. The number of hydrogen-bond acceptors (Lipinski definition) is 2. The lowest BCUT2D eigenvalue weighted by Gasteiger charge is -2.38. The molecule has 1 heterocycles. The Kier molecular flexibility index (Phi) is 2.80. The average molecular weight is 196 g/mol. The highest BCUT2D eigenvalue weighted by molar-refractivity contribution is 5.77. The van der Waals surface area contributed by atoms with Crippen LogP contribution < -0.4 is 5.73 Å².